The number of ether oxygens (including phenoxy) is 1. The molecule has 132 valence electrons. The summed E-state index contributed by atoms with van der Waals surface area (Å²) in [5.41, 5.74) is 0.943. The number of halogens is 1. The maximum atomic E-state index is 11.2. The van der Waals surface area contributed by atoms with Crippen molar-refractivity contribution in [2.75, 3.05) is 38.2 Å². The molecule has 1 N–H and O–H groups in total. The Kier molecular flexibility index (Phi) is 5.35. The number of carbonyl (C=O) groups is 1. The first-order chi connectivity index (χ1) is 12.1. The van der Waals surface area contributed by atoms with E-state index in [1.807, 2.05) is 12.1 Å². The highest BCUT2D eigenvalue weighted by atomic mass is 35.5. The van der Waals surface area contributed by atoms with Crippen LogP contribution < -0.4 is 9.64 Å². The van der Waals surface area contributed by atoms with Crippen LogP contribution in [0, 0.1) is 0 Å². The summed E-state index contributed by atoms with van der Waals surface area (Å²) in [6.07, 6.45) is 1.71. The molecule has 25 heavy (non-hydrogen) atoms. The van der Waals surface area contributed by atoms with Crippen molar-refractivity contribution in [2.24, 2.45) is 0 Å². The largest absolute Gasteiger partial charge is 0.481 e. The van der Waals surface area contributed by atoms with E-state index in [0.717, 1.165) is 38.3 Å². The van der Waals surface area contributed by atoms with Crippen molar-refractivity contribution in [3.05, 3.63) is 46.7 Å². The zero-order valence-electron chi connectivity index (χ0n) is 13.9. The van der Waals surface area contributed by atoms with E-state index >= 15 is 0 Å². The van der Waals surface area contributed by atoms with Gasteiger partial charge in [0, 0.05) is 44.5 Å². The zero-order chi connectivity index (χ0) is 17.8. The molecule has 2 aromatic rings. The molecule has 1 fully saturated rings. The minimum absolute atomic E-state index is 0.110. The number of aromatic nitrogens is 2. The van der Waals surface area contributed by atoms with Gasteiger partial charge in [-0.25, -0.2) is 14.8 Å². The topological polar surface area (TPSA) is 78.8 Å². The summed E-state index contributed by atoms with van der Waals surface area (Å²) in [7, 11) is 1.62. The number of carboxylic acids is 1. The van der Waals surface area contributed by atoms with Gasteiger partial charge in [-0.1, -0.05) is 17.7 Å². The number of pyridine rings is 2. The van der Waals surface area contributed by atoms with Crippen molar-refractivity contribution in [1.29, 1.82) is 0 Å². The highest BCUT2D eigenvalue weighted by Gasteiger charge is 2.21. The second kappa shape index (κ2) is 7.67. The summed E-state index contributed by atoms with van der Waals surface area (Å²) in [5.74, 6) is 0.171. The fourth-order valence-corrected chi connectivity index (χ4v) is 3.05. The Bertz CT molecular complexity index is 763. The average molecular weight is 363 g/mol. The fraction of sp³-hybridized carbons (Fsp3) is 0.353. The summed E-state index contributed by atoms with van der Waals surface area (Å²) < 4.78 is 5.30. The van der Waals surface area contributed by atoms with Crippen LogP contribution in [0.3, 0.4) is 0 Å². The molecule has 0 radical (unpaired) electrons. The Morgan fingerprint density at radius 3 is 2.72 bits per heavy atom. The van der Waals surface area contributed by atoms with Crippen LogP contribution in [-0.2, 0) is 6.54 Å². The molecule has 0 unspecified atom stereocenters. The second-order valence-electron chi connectivity index (χ2n) is 5.74. The zero-order valence-corrected chi connectivity index (χ0v) is 14.6. The van der Waals surface area contributed by atoms with Crippen molar-refractivity contribution in [1.82, 2.24) is 14.9 Å². The van der Waals surface area contributed by atoms with Crippen molar-refractivity contribution >= 4 is 23.4 Å². The Balaban J connectivity index is 1.64. The van der Waals surface area contributed by atoms with Gasteiger partial charge >= 0.3 is 5.97 Å². The Morgan fingerprint density at radius 1 is 1.28 bits per heavy atom. The van der Waals surface area contributed by atoms with E-state index in [9.17, 15) is 4.79 Å². The van der Waals surface area contributed by atoms with Gasteiger partial charge in [0.2, 0.25) is 5.88 Å². The standard InChI is InChI=1S/C17H19ClN4O3/c1-25-16-12(3-2-6-19-16)11-21-7-9-22(10-8-21)14-5-4-13(18)15(20-14)17(23)24/h2-6H,7-11H2,1H3,(H,23,24). The van der Waals surface area contributed by atoms with Crippen LogP contribution in [0.1, 0.15) is 16.1 Å². The normalized spacial score (nSPS) is 15.2. The van der Waals surface area contributed by atoms with Crippen LogP contribution in [0.25, 0.3) is 0 Å². The lowest BCUT2D eigenvalue weighted by molar-refractivity contribution is 0.0690. The van der Waals surface area contributed by atoms with Crippen LogP contribution in [0.15, 0.2) is 30.5 Å². The molecule has 3 heterocycles. The van der Waals surface area contributed by atoms with Crippen LogP contribution >= 0.6 is 11.6 Å². The molecule has 0 amide bonds. The Labute approximate surface area is 150 Å². The molecule has 1 aliphatic rings. The van der Waals surface area contributed by atoms with Crippen molar-refractivity contribution in [2.45, 2.75) is 6.54 Å². The third-order valence-electron chi connectivity index (χ3n) is 4.17. The third kappa shape index (κ3) is 4.00. The predicted molar refractivity (Wildman–Crippen MR) is 94.5 cm³/mol. The van der Waals surface area contributed by atoms with E-state index in [2.05, 4.69) is 19.8 Å². The highest BCUT2D eigenvalue weighted by Crippen LogP contribution is 2.22. The number of piperazine rings is 1. The number of aromatic carboxylic acids is 1. The van der Waals surface area contributed by atoms with Gasteiger partial charge in [0.15, 0.2) is 5.69 Å². The minimum Gasteiger partial charge on any atom is -0.481 e. The van der Waals surface area contributed by atoms with Crippen molar-refractivity contribution < 1.29 is 14.6 Å². The molecule has 2 aromatic heterocycles. The minimum atomic E-state index is -1.12. The number of methoxy groups -OCH3 is 1. The predicted octanol–water partition coefficient (Wildman–Crippen LogP) is 2.16. The van der Waals surface area contributed by atoms with Gasteiger partial charge in [0.25, 0.3) is 0 Å². The van der Waals surface area contributed by atoms with E-state index in [0.29, 0.717) is 11.7 Å². The highest BCUT2D eigenvalue weighted by molar-refractivity contribution is 6.33. The number of nitrogens with zero attached hydrogens (tertiary/aromatic N) is 4. The maximum Gasteiger partial charge on any atom is 0.356 e. The summed E-state index contributed by atoms with van der Waals surface area (Å²) in [6, 6.07) is 7.26. The monoisotopic (exact) mass is 362 g/mol. The lowest BCUT2D eigenvalue weighted by Crippen LogP contribution is -2.46. The molecular weight excluding hydrogens is 344 g/mol. The summed E-state index contributed by atoms with van der Waals surface area (Å²) in [5, 5.41) is 9.30. The fourth-order valence-electron chi connectivity index (χ4n) is 2.86. The van der Waals surface area contributed by atoms with Gasteiger partial charge in [-0.2, -0.15) is 0 Å². The third-order valence-corrected chi connectivity index (χ3v) is 4.47. The molecule has 0 atom stereocenters. The molecule has 3 rings (SSSR count). The van der Waals surface area contributed by atoms with Crippen LogP contribution in [0.2, 0.25) is 5.02 Å². The maximum absolute atomic E-state index is 11.2. The SMILES string of the molecule is COc1ncccc1CN1CCN(c2ccc(Cl)c(C(=O)O)n2)CC1. The number of hydrogen-bond acceptors (Lipinski definition) is 6. The molecule has 0 aliphatic carbocycles. The molecule has 8 heteroatoms. The van der Waals surface area contributed by atoms with Crippen molar-refractivity contribution in [3.8, 4) is 5.88 Å². The quantitative estimate of drug-likeness (QED) is 0.873. The lowest BCUT2D eigenvalue weighted by Gasteiger charge is -2.35. The Hall–Kier alpha value is -2.38. The first-order valence-electron chi connectivity index (χ1n) is 7.93. The van der Waals surface area contributed by atoms with E-state index in [1.165, 1.54) is 0 Å². The summed E-state index contributed by atoms with van der Waals surface area (Å²) >= 11 is 5.88. The molecule has 0 saturated carbocycles. The first-order valence-corrected chi connectivity index (χ1v) is 8.31. The van der Waals surface area contributed by atoms with E-state index < -0.39 is 5.97 Å². The van der Waals surface area contributed by atoms with Gasteiger partial charge in [0.1, 0.15) is 5.82 Å². The van der Waals surface area contributed by atoms with Gasteiger partial charge in [0.05, 0.1) is 12.1 Å². The second-order valence-corrected chi connectivity index (χ2v) is 6.15. The molecule has 1 aliphatic heterocycles. The van der Waals surface area contributed by atoms with Crippen LogP contribution in [-0.4, -0.2) is 59.2 Å². The van der Waals surface area contributed by atoms with Gasteiger partial charge < -0.3 is 14.7 Å². The number of hydrogen-bond donors (Lipinski definition) is 1. The smallest absolute Gasteiger partial charge is 0.356 e. The molecule has 1 saturated heterocycles. The summed E-state index contributed by atoms with van der Waals surface area (Å²) in [6.45, 7) is 3.96. The van der Waals surface area contributed by atoms with Crippen LogP contribution in [0.5, 0.6) is 5.88 Å². The average Bonchev–Trinajstić information content (AvgIpc) is 2.63. The van der Waals surface area contributed by atoms with Gasteiger partial charge in [-0.05, 0) is 18.2 Å². The van der Waals surface area contributed by atoms with E-state index in [-0.39, 0.29) is 10.7 Å². The number of anilines is 1. The van der Waals surface area contributed by atoms with Crippen molar-refractivity contribution in [3.63, 3.8) is 0 Å². The van der Waals surface area contributed by atoms with Gasteiger partial charge in [-0.3, -0.25) is 4.90 Å². The van der Waals surface area contributed by atoms with E-state index in [1.54, 1.807) is 25.4 Å². The first kappa shape index (κ1) is 17.4. The summed E-state index contributed by atoms with van der Waals surface area (Å²) in [4.78, 5) is 24.0. The molecule has 0 spiro atoms. The molecule has 7 nitrogen and oxygen atoms in total. The van der Waals surface area contributed by atoms with Gasteiger partial charge in [-0.15, -0.1) is 0 Å². The molecule has 0 bridgehead atoms. The molecular formula is C17H19ClN4O3. The lowest BCUT2D eigenvalue weighted by atomic mass is 10.2. The Morgan fingerprint density at radius 2 is 2.04 bits per heavy atom. The number of carboxylic acid groups (broad SMARTS) is 1. The van der Waals surface area contributed by atoms with E-state index in [4.69, 9.17) is 21.4 Å². The van der Waals surface area contributed by atoms with Crippen LogP contribution in [0.4, 0.5) is 5.82 Å². The number of rotatable bonds is 5. The molecule has 0 aromatic carbocycles.